The number of carboxylic acid groups (broad SMARTS) is 1. The number of hydrogen-bond donors (Lipinski definition) is 2. The number of hydrogen-bond acceptors (Lipinski definition) is 4. The van der Waals surface area contributed by atoms with Gasteiger partial charge in [0.2, 0.25) is 0 Å². The van der Waals surface area contributed by atoms with E-state index in [4.69, 9.17) is 5.11 Å². The van der Waals surface area contributed by atoms with Crippen molar-refractivity contribution in [1.82, 2.24) is 15.3 Å². The van der Waals surface area contributed by atoms with Gasteiger partial charge in [0.05, 0.1) is 35.4 Å². The minimum atomic E-state index is -0.924. The fourth-order valence-corrected chi connectivity index (χ4v) is 2.41. The number of benzene rings is 1. The zero-order chi connectivity index (χ0) is 13.9. The monoisotopic (exact) mass is 269 g/mol. The number of nitrogens with one attached hydrogen (secondary N) is 1. The Morgan fingerprint density at radius 1 is 1.25 bits per heavy atom. The van der Waals surface area contributed by atoms with Crippen LogP contribution in [0.15, 0.2) is 36.7 Å². The number of carboxylic acids is 1. The Balaban J connectivity index is 1.89. The molecular weight excluding hydrogens is 254 g/mol. The molecule has 1 saturated heterocycles. The normalized spacial score (nSPS) is 18.1. The molecule has 0 bridgehead atoms. The summed E-state index contributed by atoms with van der Waals surface area (Å²) in [7, 11) is 0. The molecule has 2 N–H and O–H groups in total. The Labute approximate surface area is 116 Å². The van der Waals surface area contributed by atoms with E-state index in [-0.39, 0.29) is 11.6 Å². The van der Waals surface area contributed by atoms with E-state index in [2.05, 4.69) is 15.3 Å². The van der Waals surface area contributed by atoms with Crippen LogP contribution in [0, 0.1) is 0 Å². The van der Waals surface area contributed by atoms with Gasteiger partial charge in [-0.25, -0.2) is 9.78 Å². The molecule has 0 amide bonds. The molecule has 0 spiro atoms. The van der Waals surface area contributed by atoms with E-state index in [1.54, 1.807) is 36.7 Å². The van der Waals surface area contributed by atoms with Crippen molar-refractivity contribution < 1.29 is 9.90 Å². The highest BCUT2D eigenvalue weighted by Crippen LogP contribution is 2.23. The van der Waals surface area contributed by atoms with Crippen LogP contribution in [0.3, 0.4) is 0 Å². The minimum absolute atomic E-state index is 0.273. The summed E-state index contributed by atoms with van der Waals surface area (Å²) in [4.78, 5) is 19.7. The molecule has 0 aliphatic carbocycles. The van der Waals surface area contributed by atoms with Crippen LogP contribution < -0.4 is 5.32 Å². The predicted molar refractivity (Wildman–Crippen MR) is 74.4 cm³/mol. The molecule has 5 heteroatoms. The lowest BCUT2D eigenvalue weighted by atomic mass is 10.1. The van der Waals surface area contributed by atoms with Gasteiger partial charge in [0, 0.05) is 5.56 Å². The maximum absolute atomic E-state index is 10.8. The van der Waals surface area contributed by atoms with E-state index >= 15 is 0 Å². The number of aromatic nitrogens is 2. The first kappa shape index (κ1) is 12.7. The van der Waals surface area contributed by atoms with Gasteiger partial charge in [0.1, 0.15) is 0 Å². The maximum Gasteiger partial charge on any atom is 0.335 e. The first-order valence-corrected chi connectivity index (χ1v) is 6.63. The van der Waals surface area contributed by atoms with E-state index in [0.717, 1.165) is 36.3 Å². The van der Waals surface area contributed by atoms with Gasteiger partial charge in [-0.15, -0.1) is 0 Å². The van der Waals surface area contributed by atoms with Crippen molar-refractivity contribution in [3.63, 3.8) is 0 Å². The van der Waals surface area contributed by atoms with Gasteiger partial charge in [0.25, 0.3) is 0 Å². The summed E-state index contributed by atoms with van der Waals surface area (Å²) in [6.45, 7) is 1.02. The lowest BCUT2D eigenvalue weighted by Crippen LogP contribution is -2.14. The third kappa shape index (κ3) is 2.53. The van der Waals surface area contributed by atoms with Crippen LogP contribution >= 0.6 is 0 Å². The Morgan fingerprint density at radius 2 is 2.05 bits per heavy atom. The van der Waals surface area contributed by atoms with Gasteiger partial charge in [-0.3, -0.25) is 4.98 Å². The van der Waals surface area contributed by atoms with Crippen LogP contribution in [0.2, 0.25) is 0 Å². The van der Waals surface area contributed by atoms with E-state index in [1.807, 2.05) is 0 Å². The van der Waals surface area contributed by atoms with Crippen LogP contribution in [-0.4, -0.2) is 27.6 Å². The van der Waals surface area contributed by atoms with Crippen molar-refractivity contribution in [1.29, 1.82) is 0 Å². The summed E-state index contributed by atoms with van der Waals surface area (Å²) < 4.78 is 0. The Morgan fingerprint density at radius 3 is 2.70 bits per heavy atom. The number of aromatic carboxylic acids is 1. The highest BCUT2D eigenvalue weighted by molar-refractivity contribution is 5.88. The Bertz CT molecular complexity index is 619. The Hall–Kier alpha value is -2.27. The van der Waals surface area contributed by atoms with Crippen molar-refractivity contribution in [3.8, 4) is 11.3 Å². The molecule has 1 fully saturated rings. The SMILES string of the molecule is O=C(O)c1ccc(-c2cncc([C@H]3CCCN3)n2)cc1. The highest BCUT2D eigenvalue weighted by Gasteiger charge is 2.18. The molecule has 1 aliphatic heterocycles. The predicted octanol–water partition coefficient (Wildman–Crippen LogP) is 2.27. The van der Waals surface area contributed by atoms with Crippen LogP contribution in [0.4, 0.5) is 0 Å². The topological polar surface area (TPSA) is 75.1 Å². The van der Waals surface area contributed by atoms with E-state index < -0.39 is 5.97 Å². The van der Waals surface area contributed by atoms with Crippen molar-refractivity contribution in [2.75, 3.05) is 6.54 Å². The molecule has 0 unspecified atom stereocenters. The summed E-state index contributed by atoms with van der Waals surface area (Å²) in [6.07, 6.45) is 5.73. The molecule has 102 valence electrons. The summed E-state index contributed by atoms with van der Waals surface area (Å²) in [5.41, 5.74) is 2.87. The van der Waals surface area contributed by atoms with Crippen LogP contribution in [0.5, 0.6) is 0 Å². The van der Waals surface area contributed by atoms with Crippen molar-refractivity contribution in [3.05, 3.63) is 47.9 Å². The smallest absolute Gasteiger partial charge is 0.335 e. The molecule has 0 radical (unpaired) electrons. The third-order valence-electron chi connectivity index (χ3n) is 3.50. The first-order valence-electron chi connectivity index (χ1n) is 6.63. The summed E-state index contributed by atoms with van der Waals surface area (Å²) >= 11 is 0. The quantitative estimate of drug-likeness (QED) is 0.894. The molecule has 20 heavy (non-hydrogen) atoms. The zero-order valence-electron chi connectivity index (χ0n) is 10.9. The molecular formula is C15H15N3O2. The molecule has 2 heterocycles. The van der Waals surface area contributed by atoms with Crippen molar-refractivity contribution in [2.45, 2.75) is 18.9 Å². The second-order valence-corrected chi connectivity index (χ2v) is 4.86. The van der Waals surface area contributed by atoms with Crippen LogP contribution in [0.25, 0.3) is 11.3 Å². The molecule has 2 aromatic rings. The molecule has 1 atom stereocenters. The fourth-order valence-electron chi connectivity index (χ4n) is 2.41. The lowest BCUT2D eigenvalue weighted by molar-refractivity contribution is 0.0697. The van der Waals surface area contributed by atoms with Gasteiger partial charge >= 0.3 is 5.97 Å². The summed E-state index contributed by atoms with van der Waals surface area (Å²) in [5, 5.41) is 12.3. The molecule has 1 aromatic carbocycles. The molecule has 1 aliphatic rings. The number of carbonyl (C=O) groups is 1. The average Bonchev–Trinajstić information content (AvgIpc) is 3.02. The maximum atomic E-state index is 10.8. The minimum Gasteiger partial charge on any atom is -0.478 e. The van der Waals surface area contributed by atoms with Gasteiger partial charge in [-0.2, -0.15) is 0 Å². The van der Waals surface area contributed by atoms with Crippen LogP contribution in [-0.2, 0) is 0 Å². The van der Waals surface area contributed by atoms with Crippen LogP contribution in [0.1, 0.15) is 34.9 Å². The highest BCUT2D eigenvalue weighted by atomic mass is 16.4. The number of rotatable bonds is 3. The largest absolute Gasteiger partial charge is 0.478 e. The van der Waals surface area contributed by atoms with Crippen molar-refractivity contribution in [2.24, 2.45) is 0 Å². The van der Waals surface area contributed by atoms with E-state index in [9.17, 15) is 4.79 Å². The second kappa shape index (κ2) is 5.38. The fraction of sp³-hybridized carbons (Fsp3) is 0.267. The number of nitrogens with zero attached hydrogens (tertiary/aromatic N) is 2. The average molecular weight is 269 g/mol. The first-order chi connectivity index (χ1) is 9.74. The molecule has 3 rings (SSSR count). The van der Waals surface area contributed by atoms with E-state index in [1.165, 1.54) is 0 Å². The summed E-state index contributed by atoms with van der Waals surface area (Å²) in [5.74, 6) is -0.924. The molecule has 1 aromatic heterocycles. The summed E-state index contributed by atoms with van der Waals surface area (Å²) in [6, 6.07) is 6.97. The molecule has 0 saturated carbocycles. The standard InChI is InChI=1S/C15H15N3O2/c19-15(20)11-5-3-10(4-6-11)13-8-16-9-14(18-13)12-2-1-7-17-12/h3-6,8-9,12,17H,1-2,7H2,(H,19,20)/t12-/m1/s1. The van der Waals surface area contributed by atoms with Crippen molar-refractivity contribution >= 4 is 5.97 Å². The van der Waals surface area contributed by atoms with E-state index in [0.29, 0.717) is 0 Å². The zero-order valence-corrected chi connectivity index (χ0v) is 10.9. The van der Waals surface area contributed by atoms with Gasteiger partial charge in [-0.1, -0.05) is 12.1 Å². The lowest BCUT2D eigenvalue weighted by Gasteiger charge is -2.10. The van der Waals surface area contributed by atoms with Gasteiger partial charge in [-0.05, 0) is 31.5 Å². The Kier molecular flexibility index (Phi) is 3.43. The second-order valence-electron chi connectivity index (χ2n) is 4.86. The molecule has 5 nitrogen and oxygen atoms in total. The van der Waals surface area contributed by atoms with Gasteiger partial charge < -0.3 is 10.4 Å². The third-order valence-corrected chi connectivity index (χ3v) is 3.50. The van der Waals surface area contributed by atoms with Gasteiger partial charge in [0.15, 0.2) is 0 Å².